The molecule has 0 aromatic rings. The number of nitrogens with one attached hydrogen (secondary N) is 1. The van der Waals surface area contributed by atoms with Crippen molar-refractivity contribution in [1.29, 1.82) is 0 Å². The highest BCUT2D eigenvalue weighted by atomic mass is 19.3. The van der Waals surface area contributed by atoms with Gasteiger partial charge in [0.15, 0.2) is 0 Å². The van der Waals surface area contributed by atoms with Crippen LogP contribution in [0.5, 0.6) is 0 Å². The lowest BCUT2D eigenvalue weighted by Crippen LogP contribution is -2.37. The van der Waals surface area contributed by atoms with E-state index in [4.69, 9.17) is 4.74 Å². The first-order valence-corrected chi connectivity index (χ1v) is 6.45. The SMILES string of the molecule is CN(CC1CCNCC1)CC1CC(F)(F)C(=O)O1. The first-order chi connectivity index (χ1) is 8.47. The standard InChI is InChI=1S/C12H20F2N2O2/c1-16(7-9-2-4-15-5-3-9)8-10-6-12(13,14)11(17)18-10/h9-10,15H,2-8H2,1H3. The van der Waals surface area contributed by atoms with Crippen molar-refractivity contribution in [2.24, 2.45) is 5.92 Å². The van der Waals surface area contributed by atoms with Crippen LogP contribution in [-0.4, -0.2) is 56.1 Å². The summed E-state index contributed by atoms with van der Waals surface area (Å²) < 4.78 is 30.7. The fraction of sp³-hybridized carbons (Fsp3) is 0.917. The van der Waals surface area contributed by atoms with Crippen LogP contribution in [0.25, 0.3) is 0 Å². The van der Waals surface area contributed by atoms with Crippen molar-refractivity contribution in [2.45, 2.75) is 31.3 Å². The fourth-order valence-corrected chi connectivity index (χ4v) is 2.68. The third-order valence-corrected chi connectivity index (χ3v) is 3.60. The van der Waals surface area contributed by atoms with Gasteiger partial charge in [-0.3, -0.25) is 0 Å². The number of alkyl halides is 2. The van der Waals surface area contributed by atoms with Gasteiger partial charge >= 0.3 is 11.9 Å². The fourth-order valence-electron chi connectivity index (χ4n) is 2.68. The Hall–Kier alpha value is -0.750. The first kappa shape index (κ1) is 13.7. The summed E-state index contributed by atoms with van der Waals surface area (Å²) in [6.07, 6.45) is 1.08. The summed E-state index contributed by atoms with van der Waals surface area (Å²) in [5.74, 6) is -4.06. The molecular weight excluding hydrogens is 242 g/mol. The summed E-state index contributed by atoms with van der Waals surface area (Å²) in [5.41, 5.74) is 0. The molecule has 4 nitrogen and oxygen atoms in total. The molecule has 0 aromatic carbocycles. The normalized spacial score (nSPS) is 28.7. The molecule has 1 N–H and O–H groups in total. The summed E-state index contributed by atoms with van der Waals surface area (Å²) in [5, 5.41) is 3.29. The Morgan fingerprint density at radius 2 is 2.06 bits per heavy atom. The lowest BCUT2D eigenvalue weighted by molar-refractivity contribution is -0.159. The van der Waals surface area contributed by atoms with Crippen molar-refractivity contribution in [2.75, 3.05) is 33.2 Å². The van der Waals surface area contributed by atoms with Crippen LogP contribution >= 0.6 is 0 Å². The largest absolute Gasteiger partial charge is 0.456 e. The summed E-state index contributed by atoms with van der Waals surface area (Å²) in [6.45, 7) is 3.32. The number of ether oxygens (including phenoxy) is 1. The van der Waals surface area contributed by atoms with E-state index in [1.165, 1.54) is 0 Å². The van der Waals surface area contributed by atoms with E-state index in [1.54, 1.807) is 0 Å². The second-order valence-corrected chi connectivity index (χ2v) is 5.35. The van der Waals surface area contributed by atoms with Gasteiger partial charge in [-0.15, -0.1) is 0 Å². The monoisotopic (exact) mass is 262 g/mol. The van der Waals surface area contributed by atoms with Crippen LogP contribution in [0.4, 0.5) is 8.78 Å². The zero-order valence-corrected chi connectivity index (χ0v) is 10.6. The Morgan fingerprint density at radius 3 is 2.61 bits per heavy atom. The Kier molecular flexibility index (Phi) is 4.17. The molecule has 2 heterocycles. The Bertz CT molecular complexity index is 306. The van der Waals surface area contributed by atoms with Gasteiger partial charge in [-0.05, 0) is 38.9 Å². The highest BCUT2D eigenvalue weighted by Crippen LogP contribution is 2.31. The molecule has 1 atom stereocenters. The lowest BCUT2D eigenvalue weighted by Gasteiger charge is -2.28. The minimum atomic E-state index is -3.29. The van der Waals surface area contributed by atoms with Crippen molar-refractivity contribution in [3.8, 4) is 0 Å². The van der Waals surface area contributed by atoms with Crippen molar-refractivity contribution in [3.63, 3.8) is 0 Å². The molecule has 2 saturated heterocycles. The topological polar surface area (TPSA) is 41.6 Å². The van der Waals surface area contributed by atoms with Crippen LogP contribution < -0.4 is 5.32 Å². The molecule has 1 unspecified atom stereocenters. The first-order valence-electron chi connectivity index (χ1n) is 6.45. The smallest absolute Gasteiger partial charge is 0.377 e. The van der Waals surface area contributed by atoms with E-state index < -0.39 is 24.4 Å². The Labute approximate surface area is 106 Å². The van der Waals surface area contributed by atoms with E-state index in [-0.39, 0.29) is 0 Å². The van der Waals surface area contributed by atoms with Crippen LogP contribution in [0.15, 0.2) is 0 Å². The van der Waals surface area contributed by atoms with Gasteiger partial charge in [-0.25, -0.2) is 4.79 Å². The molecule has 2 fully saturated rings. The average molecular weight is 262 g/mol. The third kappa shape index (κ3) is 3.38. The van der Waals surface area contributed by atoms with E-state index in [0.717, 1.165) is 32.5 Å². The predicted molar refractivity (Wildman–Crippen MR) is 62.5 cm³/mol. The molecule has 6 heteroatoms. The molecule has 0 bridgehead atoms. The van der Waals surface area contributed by atoms with Crippen molar-refractivity contribution in [1.82, 2.24) is 10.2 Å². The van der Waals surface area contributed by atoms with Crippen LogP contribution in [0.2, 0.25) is 0 Å². The summed E-state index contributed by atoms with van der Waals surface area (Å²) in [6, 6.07) is 0. The minimum Gasteiger partial charge on any atom is -0.456 e. The predicted octanol–water partition coefficient (Wildman–Crippen LogP) is 0.869. The van der Waals surface area contributed by atoms with E-state index >= 15 is 0 Å². The quantitative estimate of drug-likeness (QED) is 0.763. The zero-order valence-electron chi connectivity index (χ0n) is 10.6. The van der Waals surface area contributed by atoms with Crippen molar-refractivity contribution < 1.29 is 18.3 Å². The summed E-state index contributed by atoms with van der Waals surface area (Å²) in [4.78, 5) is 12.9. The molecule has 2 aliphatic rings. The number of halogens is 2. The van der Waals surface area contributed by atoms with Gasteiger partial charge in [0.25, 0.3) is 0 Å². The van der Waals surface area contributed by atoms with E-state index in [2.05, 4.69) is 5.32 Å². The van der Waals surface area contributed by atoms with Crippen LogP contribution in [0.1, 0.15) is 19.3 Å². The highest BCUT2D eigenvalue weighted by molar-refractivity contribution is 5.79. The van der Waals surface area contributed by atoms with Crippen LogP contribution in [0, 0.1) is 5.92 Å². The molecule has 0 saturated carbocycles. The maximum Gasteiger partial charge on any atom is 0.377 e. The molecule has 0 radical (unpaired) electrons. The summed E-state index contributed by atoms with van der Waals surface area (Å²) in [7, 11) is 1.90. The molecule has 18 heavy (non-hydrogen) atoms. The van der Waals surface area contributed by atoms with Gasteiger partial charge in [-0.1, -0.05) is 0 Å². The number of cyclic esters (lactones) is 1. The van der Waals surface area contributed by atoms with Gasteiger partial charge < -0.3 is 15.0 Å². The number of carbonyl (C=O) groups excluding carboxylic acids is 1. The maximum absolute atomic E-state index is 13.0. The number of nitrogens with zero attached hydrogens (tertiary/aromatic N) is 1. The number of piperidine rings is 1. The Balaban J connectivity index is 1.74. The van der Waals surface area contributed by atoms with E-state index in [9.17, 15) is 13.6 Å². The molecule has 0 spiro atoms. The Morgan fingerprint density at radius 1 is 1.39 bits per heavy atom. The zero-order chi connectivity index (χ0) is 13.2. The molecule has 0 amide bonds. The molecular formula is C12H20F2N2O2. The van der Waals surface area contributed by atoms with Crippen molar-refractivity contribution >= 4 is 5.97 Å². The number of hydrogen-bond donors (Lipinski definition) is 1. The number of likely N-dealkylation sites (N-methyl/N-ethyl adjacent to an activating group) is 1. The number of esters is 1. The van der Waals surface area contributed by atoms with E-state index in [0.29, 0.717) is 12.5 Å². The minimum absolute atomic E-state index is 0.394. The van der Waals surface area contributed by atoms with Gasteiger partial charge in [0.2, 0.25) is 0 Å². The van der Waals surface area contributed by atoms with Crippen LogP contribution in [-0.2, 0) is 9.53 Å². The van der Waals surface area contributed by atoms with E-state index in [1.807, 2.05) is 11.9 Å². The molecule has 2 rings (SSSR count). The lowest BCUT2D eigenvalue weighted by atomic mass is 9.97. The molecule has 2 aliphatic heterocycles. The molecule has 0 aromatic heterocycles. The number of hydrogen-bond acceptors (Lipinski definition) is 4. The van der Waals surface area contributed by atoms with Gasteiger partial charge in [-0.2, -0.15) is 8.78 Å². The average Bonchev–Trinajstić information content (AvgIpc) is 2.53. The van der Waals surface area contributed by atoms with Gasteiger partial charge in [0.1, 0.15) is 6.10 Å². The third-order valence-electron chi connectivity index (χ3n) is 3.60. The summed E-state index contributed by atoms with van der Waals surface area (Å²) >= 11 is 0. The van der Waals surface area contributed by atoms with Gasteiger partial charge in [0.05, 0.1) is 6.42 Å². The number of carbonyl (C=O) groups is 1. The maximum atomic E-state index is 13.0. The molecule has 104 valence electrons. The second-order valence-electron chi connectivity index (χ2n) is 5.35. The molecule has 0 aliphatic carbocycles. The highest BCUT2D eigenvalue weighted by Gasteiger charge is 2.50. The van der Waals surface area contributed by atoms with Gasteiger partial charge in [0, 0.05) is 13.1 Å². The van der Waals surface area contributed by atoms with Crippen molar-refractivity contribution in [3.05, 3.63) is 0 Å². The number of rotatable bonds is 4. The van der Waals surface area contributed by atoms with Crippen LogP contribution in [0.3, 0.4) is 0 Å². The second kappa shape index (κ2) is 5.48.